The van der Waals surface area contributed by atoms with Gasteiger partial charge in [-0.25, -0.2) is 0 Å². The van der Waals surface area contributed by atoms with E-state index in [0.29, 0.717) is 11.5 Å². The number of ether oxygens (including phenoxy) is 2. The molecule has 0 heterocycles. The van der Waals surface area contributed by atoms with E-state index in [1.165, 1.54) is 0 Å². The summed E-state index contributed by atoms with van der Waals surface area (Å²) in [4.78, 5) is 11.9. The topological polar surface area (TPSA) is 59.6 Å². The van der Waals surface area contributed by atoms with Crippen molar-refractivity contribution in [3.05, 3.63) is 23.8 Å². The quantitative estimate of drug-likeness (QED) is 0.771. The van der Waals surface area contributed by atoms with Gasteiger partial charge in [0.2, 0.25) is 0 Å². The second-order valence-corrected chi connectivity index (χ2v) is 5.59. The van der Waals surface area contributed by atoms with E-state index in [4.69, 9.17) is 9.47 Å². The Morgan fingerprint density at radius 1 is 1.29 bits per heavy atom. The maximum atomic E-state index is 11.9. The highest BCUT2D eigenvalue weighted by Crippen LogP contribution is 2.28. The van der Waals surface area contributed by atoms with Crippen LogP contribution in [0.5, 0.6) is 11.5 Å². The second kappa shape index (κ2) is 7.88. The third-order valence-corrected chi connectivity index (χ3v) is 3.33. The van der Waals surface area contributed by atoms with Crippen LogP contribution in [0.15, 0.2) is 18.2 Å². The normalized spacial score (nSPS) is 11.1. The van der Waals surface area contributed by atoms with Crippen molar-refractivity contribution in [1.82, 2.24) is 10.6 Å². The van der Waals surface area contributed by atoms with Gasteiger partial charge in [-0.05, 0) is 45.0 Å². The van der Waals surface area contributed by atoms with Gasteiger partial charge < -0.3 is 20.1 Å². The molecular formula is C16H26N2O3. The van der Waals surface area contributed by atoms with Gasteiger partial charge in [0, 0.05) is 12.1 Å². The molecule has 0 aromatic heterocycles. The maximum Gasteiger partial charge on any atom is 0.258 e. The van der Waals surface area contributed by atoms with Crippen molar-refractivity contribution in [2.75, 3.05) is 20.8 Å². The molecule has 0 aliphatic rings. The van der Waals surface area contributed by atoms with Crippen LogP contribution in [-0.2, 0) is 11.3 Å². The zero-order valence-electron chi connectivity index (χ0n) is 13.6. The van der Waals surface area contributed by atoms with Crippen LogP contribution < -0.4 is 20.1 Å². The fraction of sp³-hybridized carbons (Fsp3) is 0.562. The number of hydrogen-bond donors (Lipinski definition) is 2. The first-order valence-corrected chi connectivity index (χ1v) is 7.17. The number of rotatable bonds is 8. The van der Waals surface area contributed by atoms with E-state index >= 15 is 0 Å². The SMILES string of the molecule is CCC(C)(C)NC(=O)COc1ccc(CNC)cc1OC. The Morgan fingerprint density at radius 2 is 2.00 bits per heavy atom. The Bertz CT molecular complexity index is 473. The number of methoxy groups -OCH3 is 1. The highest BCUT2D eigenvalue weighted by atomic mass is 16.5. The molecule has 1 aromatic carbocycles. The lowest BCUT2D eigenvalue weighted by atomic mass is 10.0. The van der Waals surface area contributed by atoms with Crippen molar-refractivity contribution < 1.29 is 14.3 Å². The first-order chi connectivity index (χ1) is 9.91. The summed E-state index contributed by atoms with van der Waals surface area (Å²) in [5, 5.41) is 6.01. The van der Waals surface area contributed by atoms with Gasteiger partial charge in [-0.2, -0.15) is 0 Å². The van der Waals surface area contributed by atoms with Crippen molar-refractivity contribution in [1.29, 1.82) is 0 Å². The van der Waals surface area contributed by atoms with Gasteiger partial charge in [-0.3, -0.25) is 4.79 Å². The third-order valence-electron chi connectivity index (χ3n) is 3.33. The first-order valence-electron chi connectivity index (χ1n) is 7.17. The number of benzene rings is 1. The minimum atomic E-state index is -0.221. The number of amides is 1. The zero-order valence-corrected chi connectivity index (χ0v) is 13.6. The molecule has 21 heavy (non-hydrogen) atoms. The summed E-state index contributed by atoms with van der Waals surface area (Å²) in [5.41, 5.74) is 0.875. The van der Waals surface area contributed by atoms with E-state index in [-0.39, 0.29) is 18.1 Å². The van der Waals surface area contributed by atoms with Crippen molar-refractivity contribution in [2.24, 2.45) is 0 Å². The number of carbonyl (C=O) groups is 1. The molecule has 5 heteroatoms. The largest absolute Gasteiger partial charge is 0.493 e. The predicted octanol–water partition coefficient (Wildman–Crippen LogP) is 2.10. The van der Waals surface area contributed by atoms with Crippen molar-refractivity contribution in [3.63, 3.8) is 0 Å². The Morgan fingerprint density at radius 3 is 2.57 bits per heavy atom. The minimum absolute atomic E-state index is 0.0227. The number of nitrogens with one attached hydrogen (secondary N) is 2. The van der Waals surface area contributed by atoms with Crippen LogP contribution in [-0.4, -0.2) is 32.2 Å². The summed E-state index contributed by atoms with van der Waals surface area (Å²) in [6.07, 6.45) is 0.862. The van der Waals surface area contributed by atoms with Gasteiger partial charge in [0.1, 0.15) is 0 Å². The summed E-state index contributed by atoms with van der Waals surface area (Å²) in [7, 11) is 3.47. The predicted molar refractivity (Wildman–Crippen MR) is 83.8 cm³/mol. The molecule has 118 valence electrons. The van der Waals surface area contributed by atoms with Crippen LogP contribution >= 0.6 is 0 Å². The molecule has 0 fully saturated rings. The van der Waals surface area contributed by atoms with Gasteiger partial charge in [0.25, 0.3) is 5.91 Å². The fourth-order valence-corrected chi connectivity index (χ4v) is 1.79. The fourth-order valence-electron chi connectivity index (χ4n) is 1.79. The van der Waals surface area contributed by atoms with Crippen LogP contribution in [0.3, 0.4) is 0 Å². The lowest BCUT2D eigenvalue weighted by Gasteiger charge is -2.24. The molecule has 2 N–H and O–H groups in total. The summed E-state index contributed by atoms with van der Waals surface area (Å²) in [6, 6.07) is 5.67. The van der Waals surface area contributed by atoms with E-state index in [0.717, 1.165) is 18.5 Å². The van der Waals surface area contributed by atoms with Crippen molar-refractivity contribution in [3.8, 4) is 11.5 Å². The van der Waals surface area contributed by atoms with Crippen LogP contribution in [0.4, 0.5) is 0 Å². The van der Waals surface area contributed by atoms with Gasteiger partial charge in [-0.1, -0.05) is 13.0 Å². The molecule has 0 aliphatic heterocycles. The summed E-state index contributed by atoms with van der Waals surface area (Å²) >= 11 is 0. The smallest absolute Gasteiger partial charge is 0.258 e. The highest BCUT2D eigenvalue weighted by Gasteiger charge is 2.18. The van der Waals surface area contributed by atoms with Crippen molar-refractivity contribution in [2.45, 2.75) is 39.3 Å². The first kappa shape index (κ1) is 17.3. The lowest BCUT2D eigenvalue weighted by molar-refractivity contribution is -0.124. The highest BCUT2D eigenvalue weighted by molar-refractivity contribution is 5.78. The summed E-state index contributed by atoms with van der Waals surface area (Å²) in [6.45, 7) is 6.73. The van der Waals surface area contributed by atoms with Crippen LogP contribution in [0.2, 0.25) is 0 Å². The van der Waals surface area contributed by atoms with Gasteiger partial charge in [0.05, 0.1) is 7.11 Å². The number of hydrogen-bond acceptors (Lipinski definition) is 4. The molecule has 1 aromatic rings. The van der Waals surface area contributed by atoms with E-state index in [9.17, 15) is 4.79 Å². The Labute approximate surface area is 127 Å². The molecule has 0 saturated carbocycles. The van der Waals surface area contributed by atoms with E-state index in [2.05, 4.69) is 10.6 Å². The molecule has 0 aliphatic carbocycles. The van der Waals surface area contributed by atoms with E-state index in [1.807, 2.05) is 46.0 Å². The van der Waals surface area contributed by atoms with Crippen LogP contribution in [0.1, 0.15) is 32.8 Å². The maximum absolute atomic E-state index is 11.9. The number of carbonyl (C=O) groups excluding carboxylic acids is 1. The second-order valence-electron chi connectivity index (χ2n) is 5.59. The molecule has 0 atom stereocenters. The lowest BCUT2D eigenvalue weighted by Crippen LogP contribution is -2.44. The molecule has 1 amide bonds. The van der Waals surface area contributed by atoms with E-state index in [1.54, 1.807) is 7.11 Å². The molecule has 1 rings (SSSR count). The monoisotopic (exact) mass is 294 g/mol. The standard InChI is InChI=1S/C16H26N2O3/c1-6-16(2,3)18-15(19)11-21-13-8-7-12(10-17-4)9-14(13)20-5/h7-9,17H,6,10-11H2,1-5H3,(H,18,19). The summed E-state index contributed by atoms with van der Waals surface area (Å²) in [5.74, 6) is 1.07. The Hall–Kier alpha value is -1.75. The molecule has 0 unspecified atom stereocenters. The third kappa shape index (κ3) is 5.63. The average Bonchev–Trinajstić information content (AvgIpc) is 2.45. The van der Waals surface area contributed by atoms with Crippen LogP contribution in [0, 0.1) is 0 Å². The summed E-state index contributed by atoms with van der Waals surface area (Å²) < 4.78 is 10.9. The van der Waals surface area contributed by atoms with Gasteiger partial charge in [0.15, 0.2) is 18.1 Å². The zero-order chi connectivity index (χ0) is 15.9. The van der Waals surface area contributed by atoms with Gasteiger partial charge in [-0.15, -0.1) is 0 Å². The molecule has 0 bridgehead atoms. The Kier molecular flexibility index (Phi) is 6.49. The molecule has 0 spiro atoms. The molecule has 0 radical (unpaired) electrons. The van der Waals surface area contributed by atoms with Crippen LogP contribution in [0.25, 0.3) is 0 Å². The Balaban J connectivity index is 2.64. The van der Waals surface area contributed by atoms with Gasteiger partial charge >= 0.3 is 0 Å². The molecule has 0 saturated heterocycles. The van der Waals surface area contributed by atoms with Crippen molar-refractivity contribution >= 4 is 5.91 Å². The minimum Gasteiger partial charge on any atom is -0.493 e. The molecule has 5 nitrogen and oxygen atoms in total. The average molecular weight is 294 g/mol. The molecular weight excluding hydrogens is 268 g/mol. The van der Waals surface area contributed by atoms with E-state index < -0.39 is 0 Å².